The van der Waals surface area contributed by atoms with Gasteiger partial charge in [-0.15, -0.1) is 0 Å². The van der Waals surface area contributed by atoms with Gasteiger partial charge < -0.3 is 14.6 Å². The number of rotatable bonds is 4. The molecule has 0 spiro atoms. The number of hydrogen-bond acceptors (Lipinski definition) is 3. The van der Waals surface area contributed by atoms with Gasteiger partial charge in [0.05, 0.1) is 18.8 Å². The van der Waals surface area contributed by atoms with Crippen LogP contribution in [0.25, 0.3) is 0 Å². The van der Waals surface area contributed by atoms with Gasteiger partial charge in [0.1, 0.15) is 0 Å². The van der Waals surface area contributed by atoms with Crippen molar-refractivity contribution in [1.29, 1.82) is 0 Å². The summed E-state index contributed by atoms with van der Waals surface area (Å²) < 4.78 is 12.3. The highest BCUT2D eigenvalue weighted by Crippen LogP contribution is 2.51. The first-order valence-corrected chi connectivity index (χ1v) is 8.12. The maximum atomic E-state index is 9.57. The Hall–Kier alpha value is -0.120. The summed E-state index contributed by atoms with van der Waals surface area (Å²) in [4.78, 5) is 0. The Morgan fingerprint density at radius 1 is 1.26 bits per heavy atom. The third-order valence-corrected chi connectivity index (χ3v) is 5.50. The average Bonchev–Trinajstić information content (AvgIpc) is 3.01. The summed E-state index contributed by atoms with van der Waals surface area (Å²) >= 11 is 0. The molecule has 2 saturated carbocycles. The van der Waals surface area contributed by atoms with Crippen molar-refractivity contribution >= 4 is 0 Å². The van der Waals surface area contributed by atoms with E-state index in [2.05, 4.69) is 6.92 Å². The third kappa shape index (κ3) is 2.84. The first-order chi connectivity index (χ1) is 9.17. The maximum absolute atomic E-state index is 9.57. The molecule has 3 aliphatic rings. The van der Waals surface area contributed by atoms with Crippen LogP contribution in [0.4, 0.5) is 0 Å². The first kappa shape index (κ1) is 13.8. The molecule has 2 aliphatic carbocycles. The monoisotopic (exact) mass is 268 g/mol. The van der Waals surface area contributed by atoms with Crippen LogP contribution in [0.1, 0.15) is 52.4 Å². The van der Waals surface area contributed by atoms with E-state index in [0.717, 1.165) is 31.3 Å². The topological polar surface area (TPSA) is 38.7 Å². The summed E-state index contributed by atoms with van der Waals surface area (Å²) in [6, 6.07) is 0. The molecular formula is C16H28O3. The molecule has 3 nitrogen and oxygen atoms in total. The Bertz CT molecular complexity index is 304. The highest BCUT2D eigenvalue weighted by atomic mass is 16.7. The van der Waals surface area contributed by atoms with E-state index in [1.807, 2.05) is 6.92 Å². The van der Waals surface area contributed by atoms with Crippen LogP contribution < -0.4 is 0 Å². The van der Waals surface area contributed by atoms with E-state index in [9.17, 15) is 5.11 Å². The molecular weight excluding hydrogens is 240 g/mol. The van der Waals surface area contributed by atoms with Crippen molar-refractivity contribution in [3.8, 4) is 0 Å². The van der Waals surface area contributed by atoms with Crippen molar-refractivity contribution in [2.24, 2.45) is 23.7 Å². The third-order valence-electron chi connectivity index (χ3n) is 5.50. The number of hydrogen-bond donors (Lipinski definition) is 1. The van der Waals surface area contributed by atoms with Gasteiger partial charge in [-0.3, -0.25) is 0 Å². The summed E-state index contributed by atoms with van der Waals surface area (Å²) in [5.74, 6) is 2.79. The minimum absolute atomic E-state index is 0.0329. The SMILES string of the molecule is CCC1OC(C2CC3CCC2C3)OCC1CC(C)O. The van der Waals surface area contributed by atoms with E-state index in [1.54, 1.807) is 0 Å². The van der Waals surface area contributed by atoms with Crippen LogP contribution in [-0.4, -0.2) is 30.2 Å². The molecule has 0 aromatic carbocycles. The Kier molecular flexibility index (Phi) is 4.16. The lowest BCUT2D eigenvalue weighted by Gasteiger charge is -2.41. The summed E-state index contributed by atoms with van der Waals surface area (Å²) in [6.45, 7) is 4.81. The van der Waals surface area contributed by atoms with Crippen LogP contribution in [0.15, 0.2) is 0 Å². The van der Waals surface area contributed by atoms with E-state index in [0.29, 0.717) is 11.8 Å². The minimum Gasteiger partial charge on any atom is -0.393 e. The molecule has 3 heteroatoms. The normalized spacial score (nSPS) is 47.5. The maximum Gasteiger partial charge on any atom is 0.161 e. The van der Waals surface area contributed by atoms with Crippen molar-refractivity contribution in [3.63, 3.8) is 0 Å². The van der Waals surface area contributed by atoms with Crippen LogP contribution in [-0.2, 0) is 9.47 Å². The van der Waals surface area contributed by atoms with Gasteiger partial charge in [0, 0.05) is 11.8 Å². The van der Waals surface area contributed by atoms with Crippen molar-refractivity contribution in [1.82, 2.24) is 0 Å². The Morgan fingerprint density at radius 2 is 2.11 bits per heavy atom. The zero-order valence-electron chi connectivity index (χ0n) is 12.3. The molecule has 0 radical (unpaired) electrons. The minimum atomic E-state index is -0.259. The van der Waals surface area contributed by atoms with Gasteiger partial charge >= 0.3 is 0 Å². The molecule has 2 bridgehead atoms. The van der Waals surface area contributed by atoms with Gasteiger partial charge in [-0.05, 0) is 50.9 Å². The fourth-order valence-electron chi connectivity index (χ4n) is 4.59. The quantitative estimate of drug-likeness (QED) is 0.852. The number of fused-ring (bicyclic) bond motifs is 2. The smallest absolute Gasteiger partial charge is 0.161 e. The lowest BCUT2D eigenvalue weighted by molar-refractivity contribution is -0.265. The molecule has 7 atom stereocenters. The van der Waals surface area contributed by atoms with Crippen molar-refractivity contribution in [2.75, 3.05) is 6.61 Å². The molecule has 0 amide bonds. The van der Waals surface area contributed by atoms with Crippen molar-refractivity contribution < 1.29 is 14.6 Å². The molecule has 1 N–H and O–H groups in total. The second-order valence-corrected chi connectivity index (χ2v) is 6.97. The van der Waals surface area contributed by atoms with Gasteiger partial charge in [-0.25, -0.2) is 0 Å². The highest BCUT2D eigenvalue weighted by molar-refractivity contribution is 4.92. The molecule has 7 unspecified atom stereocenters. The van der Waals surface area contributed by atoms with Crippen LogP contribution in [0.5, 0.6) is 0 Å². The van der Waals surface area contributed by atoms with Crippen LogP contribution in [0.3, 0.4) is 0 Å². The predicted octanol–water partition coefficient (Wildman–Crippen LogP) is 2.96. The van der Waals surface area contributed by atoms with E-state index in [4.69, 9.17) is 9.47 Å². The summed E-state index contributed by atoms with van der Waals surface area (Å²) in [6.07, 6.45) is 7.39. The largest absolute Gasteiger partial charge is 0.393 e. The Morgan fingerprint density at radius 3 is 2.68 bits per heavy atom. The number of ether oxygens (including phenoxy) is 2. The second kappa shape index (κ2) is 5.71. The summed E-state index contributed by atoms with van der Waals surface area (Å²) in [5, 5.41) is 9.57. The lowest BCUT2D eigenvalue weighted by Crippen LogP contribution is -2.45. The van der Waals surface area contributed by atoms with Crippen molar-refractivity contribution in [3.05, 3.63) is 0 Å². The molecule has 3 rings (SSSR count). The highest BCUT2D eigenvalue weighted by Gasteiger charge is 2.46. The van der Waals surface area contributed by atoms with Gasteiger partial charge in [-0.2, -0.15) is 0 Å². The Labute approximate surface area is 116 Å². The zero-order chi connectivity index (χ0) is 13.4. The first-order valence-electron chi connectivity index (χ1n) is 8.12. The molecule has 0 aromatic rings. The van der Waals surface area contributed by atoms with Gasteiger partial charge in [0.25, 0.3) is 0 Å². The molecule has 1 heterocycles. The van der Waals surface area contributed by atoms with E-state index in [1.165, 1.54) is 25.7 Å². The predicted molar refractivity (Wildman–Crippen MR) is 73.6 cm³/mol. The summed E-state index contributed by atoms with van der Waals surface area (Å²) in [5.41, 5.74) is 0. The van der Waals surface area contributed by atoms with Gasteiger partial charge in [-0.1, -0.05) is 13.3 Å². The van der Waals surface area contributed by atoms with Crippen LogP contribution in [0.2, 0.25) is 0 Å². The number of aliphatic hydroxyl groups excluding tert-OH is 1. The number of aliphatic hydroxyl groups is 1. The fourth-order valence-corrected chi connectivity index (χ4v) is 4.59. The fraction of sp³-hybridized carbons (Fsp3) is 1.00. The molecule has 1 aliphatic heterocycles. The van der Waals surface area contributed by atoms with E-state index >= 15 is 0 Å². The van der Waals surface area contributed by atoms with Crippen LogP contribution in [0, 0.1) is 23.7 Å². The van der Waals surface area contributed by atoms with Gasteiger partial charge in [0.15, 0.2) is 6.29 Å². The average molecular weight is 268 g/mol. The van der Waals surface area contributed by atoms with Crippen LogP contribution >= 0.6 is 0 Å². The summed E-state index contributed by atoms with van der Waals surface area (Å²) in [7, 11) is 0. The van der Waals surface area contributed by atoms with Gasteiger partial charge in [0.2, 0.25) is 0 Å². The molecule has 19 heavy (non-hydrogen) atoms. The molecule has 110 valence electrons. The zero-order valence-corrected chi connectivity index (χ0v) is 12.3. The Balaban J connectivity index is 1.58. The van der Waals surface area contributed by atoms with Crippen molar-refractivity contribution in [2.45, 2.75) is 70.9 Å². The molecule has 1 saturated heterocycles. The lowest BCUT2D eigenvalue weighted by atomic mass is 9.87. The van der Waals surface area contributed by atoms with E-state index < -0.39 is 0 Å². The standard InChI is InChI=1S/C16H28O3/c1-3-15-13(6-10(2)17)9-18-16(19-15)14-8-11-4-5-12(14)7-11/h10-17H,3-9H2,1-2H3. The van der Waals surface area contributed by atoms with E-state index in [-0.39, 0.29) is 18.5 Å². The second-order valence-electron chi connectivity index (χ2n) is 6.97. The molecule has 3 fully saturated rings. The molecule has 0 aromatic heterocycles.